The molecule has 1 unspecified atom stereocenters. The van der Waals surface area contributed by atoms with Gasteiger partial charge in [-0.25, -0.2) is 13.2 Å². The van der Waals surface area contributed by atoms with E-state index in [1.807, 2.05) is 71.8 Å². The van der Waals surface area contributed by atoms with Crippen LogP contribution < -0.4 is 15.2 Å². The molecule has 0 saturated heterocycles. The van der Waals surface area contributed by atoms with Crippen LogP contribution in [-0.2, 0) is 18.6 Å². The molecule has 8 rings (SSSR count). The zero-order chi connectivity index (χ0) is 32.3. The van der Waals surface area contributed by atoms with Crippen LogP contribution in [0.2, 0.25) is 0 Å². The van der Waals surface area contributed by atoms with Gasteiger partial charge in [-0.05, 0) is 76.4 Å². The van der Waals surface area contributed by atoms with Crippen LogP contribution in [0, 0.1) is 11.6 Å². The normalized spacial score (nSPS) is 19.4. The minimum atomic E-state index is -1.12. The van der Waals surface area contributed by atoms with Gasteiger partial charge >= 0.3 is 0 Å². The van der Waals surface area contributed by atoms with Crippen molar-refractivity contribution >= 4 is 12.0 Å². The molecule has 0 bridgehead atoms. The number of nitrogens with zero attached hydrogens (tertiary/aromatic N) is 3. The van der Waals surface area contributed by atoms with Crippen molar-refractivity contribution in [3.63, 3.8) is 0 Å². The van der Waals surface area contributed by atoms with Crippen LogP contribution in [0.15, 0.2) is 113 Å². The van der Waals surface area contributed by atoms with Crippen molar-refractivity contribution in [2.45, 2.75) is 37.8 Å². The second-order valence-corrected chi connectivity index (χ2v) is 12.3. The molecule has 1 atom stereocenters. The number of carbonyl (C=O) groups is 1. The van der Waals surface area contributed by atoms with Gasteiger partial charge in [0.05, 0.1) is 0 Å². The summed E-state index contributed by atoms with van der Waals surface area (Å²) >= 11 is 0. The molecule has 1 aliphatic heterocycles. The largest absolute Gasteiger partial charge is 0.482 e. The summed E-state index contributed by atoms with van der Waals surface area (Å²) in [5, 5.41) is 1.95. The molecule has 0 saturated carbocycles. The number of carbonyl (C=O) groups excluding carboxylic acids is 1. The molecule has 0 spiro atoms. The van der Waals surface area contributed by atoms with Crippen LogP contribution in [0.3, 0.4) is 0 Å². The third kappa shape index (κ3) is 4.63. The summed E-state index contributed by atoms with van der Waals surface area (Å²) in [6, 6.07) is 21.0. The molecule has 4 aliphatic rings. The molecule has 1 aromatic heterocycles. The first-order valence-electron chi connectivity index (χ1n) is 15.7. The molecule has 3 aliphatic carbocycles. The molecule has 47 heavy (non-hydrogen) atoms. The molecular formula is C38H30F3N3O3. The Bertz CT molecular complexity index is 2100. The summed E-state index contributed by atoms with van der Waals surface area (Å²) in [5.74, 6) is -2.64. The lowest BCUT2D eigenvalue weighted by atomic mass is 9.83. The Balaban J connectivity index is 1.31. The predicted octanol–water partition coefficient (Wildman–Crippen LogP) is 6.92. The Morgan fingerprint density at radius 1 is 0.872 bits per heavy atom. The van der Waals surface area contributed by atoms with Crippen molar-refractivity contribution < 1.29 is 22.7 Å². The molecule has 1 amide bonds. The summed E-state index contributed by atoms with van der Waals surface area (Å²) in [6.45, 7) is 0.341. The van der Waals surface area contributed by atoms with E-state index >= 15 is 4.39 Å². The molecule has 236 valence electrons. The van der Waals surface area contributed by atoms with Crippen molar-refractivity contribution in [1.82, 2.24) is 9.58 Å². The highest BCUT2D eigenvalue weighted by Gasteiger charge is 2.55. The summed E-state index contributed by atoms with van der Waals surface area (Å²) in [6.07, 6.45) is 8.80. The Labute approximate surface area is 269 Å². The minimum Gasteiger partial charge on any atom is -0.482 e. The summed E-state index contributed by atoms with van der Waals surface area (Å²) < 4.78 is 51.7. The van der Waals surface area contributed by atoms with E-state index in [1.165, 1.54) is 24.3 Å². The highest BCUT2D eigenvalue weighted by molar-refractivity contribution is 5.96. The van der Waals surface area contributed by atoms with Crippen molar-refractivity contribution in [3.8, 4) is 5.75 Å². The van der Waals surface area contributed by atoms with E-state index in [4.69, 9.17) is 4.74 Å². The molecule has 2 heterocycles. The third-order valence-electron chi connectivity index (χ3n) is 9.57. The Morgan fingerprint density at radius 2 is 1.66 bits per heavy atom. The Hall–Kier alpha value is -5.31. The maximum atomic E-state index is 15.1. The first-order chi connectivity index (χ1) is 22.8. The van der Waals surface area contributed by atoms with Gasteiger partial charge in [0.25, 0.3) is 5.91 Å². The number of aromatic nitrogens is 1. The number of allylic oxidation sites excluding steroid dienone is 3. The summed E-state index contributed by atoms with van der Waals surface area (Å²) in [5.41, 5.74) is 3.96. The van der Waals surface area contributed by atoms with Gasteiger partial charge in [0.1, 0.15) is 24.6 Å². The van der Waals surface area contributed by atoms with Crippen molar-refractivity contribution in [3.05, 3.63) is 163 Å². The fourth-order valence-corrected chi connectivity index (χ4v) is 7.46. The molecule has 0 N–H and O–H groups in total. The summed E-state index contributed by atoms with van der Waals surface area (Å²) in [4.78, 5) is 29.5. The Kier molecular flexibility index (Phi) is 6.93. The number of rotatable bonds is 7. The molecule has 4 aromatic rings. The van der Waals surface area contributed by atoms with E-state index in [0.717, 1.165) is 27.8 Å². The topological polar surface area (TPSA) is 54.8 Å². The number of amides is 1. The number of fused-ring (bicyclic) bond motifs is 6. The smallest absolute Gasteiger partial charge is 0.277 e. The monoisotopic (exact) mass is 633 g/mol. The average Bonchev–Trinajstić information content (AvgIpc) is 3.55. The predicted molar refractivity (Wildman–Crippen MR) is 172 cm³/mol. The van der Waals surface area contributed by atoms with Crippen LogP contribution in [0.25, 0.3) is 6.08 Å². The molecule has 6 nitrogen and oxygen atoms in total. The van der Waals surface area contributed by atoms with Gasteiger partial charge in [0.15, 0.2) is 23.1 Å². The van der Waals surface area contributed by atoms with Crippen LogP contribution in [0.1, 0.15) is 57.6 Å². The Morgan fingerprint density at radius 3 is 2.49 bits per heavy atom. The number of pyridine rings is 1. The number of halogens is 3. The van der Waals surface area contributed by atoms with Crippen molar-refractivity contribution in [2.75, 3.05) is 18.2 Å². The maximum absolute atomic E-state index is 15.1. The van der Waals surface area contributed by atoms with E-state index in [2.05, 4.69) is 0 Å². The van der Waals surface area contributed by atoms with Gasteiger partial charge in [-0.1, -0.05) is 66.7 Å². The average molecular weight is 634 g/mol. The van der Waals surface area contributed by atoms with Crippen LogP contribution >= 0.6 is 0 Å². The van der Waals surface area contributed by atoms with E-state index < -0.39 is 28.5 Å². The van der Waals surface area contributed by atoms with E-state index in [-0.39, 0.29) is 37.1 Å². The van der Waals surface area contributed by atoms with E-state index in [0.29, 0.717) is 36.8 Å². The highest BCUT2D eigenvalue weighted by atomic mass is 19.2. The SMILES string of the molecule is O=C1c2c(OCc3ccccc3)c(=O)ccn2N(C23C(=Cc4cc(F)c(F)cc42)Cc2ccccc23)CN1CCC1=CCCC(F)=C1. The van der Waals surface area contributed by atoms with E-state index in [1.54, 1.807) is 15.8 Å². The third-order valence-corrected chi connectivity index (χ3v) is 9.57. The lowest BCUT2D eigenvalue weighted by Crippen LogP contribution is -2.62. The second kappa shape index (κ2) is 11.2. The fourth-order valence-electron chi connectivity index (χ4n) is 7.46. The first kappa shape index (κ1) is 29.1. The zero-order valence-electron chi connectivity index (χ0n) is 25.4. The van der Waals surface area contributed by atoms with Crippen LogP contribution in [0.4, 0.5) is 13.2 Å². The maximum Gasteiger partial charge on any atom is 0.277 e. The zero-order valence-corrected chi connectivity index (χ0v) is 25.4. The van der Waals surface area contributed by atoms with Gasteiger partial charge in [-0.15, -0.1) is 0 Å². The summed E-state index contributed by atoms with van der Waals surface area (Å²) in [7, 11) is 0. The van der Waals surface area contributed by atoms with Gasteiger partial charge < -0.3 is 9.64 Å². The van der Waals surface area contributed by atoms with Gasteiger partial charge in [0, 0.05) is 25.2 Å². The molecule has 3 aromatic carbocycles. The van der Waals surface area contributed by atoms with Crippen molar-refractivity contribution in [1.29, 1.82) is 0 Å². The minimum absolute atomic E-state index is 0.0353. The van der Waals surface area contributed by atoms with Gasteiger partial charge in [-0.3, -0.25) is 19.3 Å². The number of ether oxygens (including phenoxy) is 1. The quantitative estimate of drug-likeness (QED) is 0.222. The molecule has 9 heteroatoms. The van der Waals surface area contributed by atoms with Crippen LogP contribution in [0.5, 0.6) is 5.75 Å². The lowest BCUT2D eigenvalue weighted by Gasteiger charge is -2.49. The standard InChI is InChI=1S/C38H30F3N3O3/c39-29-11-6-9-24(17-29)13-15-42-23-44(43-16-14-34(45)36(35(43)37(42)46)47-22-25-7-2-1-3-8-25)38-28(18-26-10-4-5-12-30(26)38)19-27-20-32(40)33(41)21-31(27)38/h1-5,7-10,12,14,16-17,19-21H,6,11,13,15,18,22-23H2. The van der Waals surface area contributed by atoms with Crippen molar-refractivity contribution in [2.24, 2.45) is 0 Å². The number of hydrogen-bond acceptors (Lipinski definition) is 4. The molecule has 0 radical (unpaired) electrons. The second-order valence-electron chi connectivity index (χ2n) is 12.3. The van der Waals surface area contributed by atoms with Gasteiger partial charge in [0.2, 0.25) is 5.43 Å². The fraction of sp³-hybridized carbons (Fsp3) is 0.211. The lowest BCUT2D eigenvalue weighted by molar-refractivity contribution is 0.0667. The van der Waals surface area contributed by atoms with Crippen LogP contribution in [-0.4, -0.2) is 28.7 Å². The molecular weight excluding hydrogens is 603 g/mol. The van der Waals surface area contributed by atoms with E-state index in [9.17, 15) is 18.4 Å². The number of hydrogen-bond donors (Lipinski definition) is 0. The van der Waals surface area contributed by atoms with Gasteiger partial charge in [-0.2, -0.15) is 0 Å². The highest BCUT2D eigenvalue weighted by Crippen LogP contribution is 2.55. The first-order valence-corrected chi connectivity index (χ1v) is 15.7. The number of benzene rings is 3. The molecule has 0 fully saturated rings.